The molecule has 0 aromatic heterocycles. The van der Waals surface area contributed by atoms with Gasteiger partial charge in [-0.15, -0.1) is 0 Å². The molecule has 2 rings (SSSR count). The van der Waals surface area contributed by atoms with Crippen LogP contribution in [0.15, 0.2) is 47.4 Å². The molecule has 8 heteroatoms. The third-order valence-electron chi connectivity index (χ3n) is 4.13. The van der Waals surface area contributed by atoms with E-state index in [1.165, 1.54) is 40.7 Å². The lowest BCUT2D eigenvalue weighted by Crippen LogP contribution is -2.31. The van der Waals surface area contributed by atoms with E-state index in [2.05, 4.69) is 5.32 Å². The van der Waals surface area contributed by atoms with E-state index in [1.807, 2.05) is 0 Å². The van der Waals surface area contributed by atoms with Gasteiger partial charge in [0.25, 0.3) is 5.91 Å². The second kappa shape index (κ2) is 8.32. The average Bonchev–Trinajstić information content (AvgIpc) is 2.62. The van der Waals surface area contributed by atoms with Crippen LogP contribution < -0.4 is 10.4 Å². The summed E-state index contributed by atoms with van der Waals surface area (Å²) >= 11 is 0. The van der Waals surface area contributed by atoms with Crippen LogP contribution in [0.4, 0.5) is 5.69 Å². The first kappa shape index (κ1) is 20.6. The number of nitrogens with one attached hydrogen (secondary N) is 1. The lowest BCUT2D eigenvalue weighted by Gasteiger charge is -2.20. The van der Waals surface area contributed by atoms with Gasteiger partial charge >= 0.3 is 0 Å². The molecule has 0 spiro atoms. The number of aryl methyl sites for hydroxylation is 1. The van der Waals surface area contributed by atoms with Crippen molar-refractivity contribution in [3.8, 4) is 0 Å². The number of carboxylic acid groups (broad SMARTS) is 1. The number of carbonyl (C=O) groups is 2. The fraction of sp³-hybridized carbons (Fsp3) is 0.263. The summed E-state index contributed by atoms with van der Waals surface area (Å²) in [6, 6.07) is 10.1. The molecule has 0 fully saturated rings. The van der Waals surface area contributed by atoms with Gasteiger partial charge in [-0.05, 0) is 42.3 Å². The van der Waals surface area contributed by atoms with Gasteiger partial charge in [-0.25, -0.2) is 8.42 Å². The first-order valence-corrected chi connectivity index (χ1v) is 9.88. The van der Waals surface area contributed by atoms with E-state index in [1.54, 1.807) is 26.8 Å². The first-order chi connectivity index (χ1) is 12.7. The van der Waals surface area contributed by atoms with Gasteiger partial charge < -0.3 is 15.2 Å². The van der Waals surface area contributed by atoms with Crippen LogP contribution in [0.5, 0.6) is 0 Å². The molecule has 0 saturated carbocycles. The fourth-order valence-electron chi connectivity index (χ4n) is 2.65. The van der Waals surface area contributed by atoms with Crippen LogP contribution in [-0.4, -0.2) is 37.7 Å². The summed E-state index contributed by atoms with van der Waals surface area (Å²) < 4.78 is 26.9. The van der Waals surface area contributed by atoms with Crippen LogP contribution in [0.25, 0.3) is 0 Å². The summed E-state index contributed by atoms with van der Waals surface area (Å²) in [5.74, 6) is -1.89. The molecule has 0 heterocycles. The number of anilines is 1. The maximum absolute atomic E-state index is 12.8. The number of carbonyl (C=O) groups excluding carboxylic acids is 2. The third kappa shape index (κ3) is 4.53. The van der Waals surface area contributed by atoms with E-state index in [9.17, 15) is 23.1 Å². The second-order valence-electron chi connectivity index (χ2n) is 5.89. The maximum atomic E-state index is 12.8. The van der Waals surface area contributed by atoms with Gasteiger partial charge in [-0.1, -0.05) is 32.0 Å². The Morgan fingerprint density at radius 3 is 2.30 bits per heavy atom. The maximum Gasteiger partial charge on any atom is 0.255 e. The van der Waals surface area contributed by atoms with Crippen LogP contribution >= 0.6 is 0 Å². The van der Waals surface area contributed by atoms with Crippen LogP contribution in [0.3, 0.4) is 0 Å². The Morgan fingerprint density at radius 2 is 1.70 bits per heavy atom. The number of aromatic carboxylic acids is 1. The molecule has 2 aromatic rings. The smallest absolute Gasteiger partial charge is 0.255 e. The Hall–Kier alpha value is -2.71. The van der Waals surface area contributed by atoms with Crippen molar-refractivity contribution >= 4 is 27.6 Å². The summed E-state index contributed by atoms with van der Waals surface area (Å²) in [7, 11) is -3.71. The zero-order valence-corrected chi connectivity index (χ0v) is 16.2. The van der Waals surface area contributed by atoms with Crippen LogP contribution in [0, 0.1) is 6.92 Å². The van der Waals surface area contributed by atoms with Crippen molar-refractivity contribution in [1.82, 2.24) is 4.31 Å². The zero-order chi connectivity index (χ0) is 20.2. The van der Waals surface area contributed by atoms with Gasteiger partial charge in [0.1, 0.15) is 0 Å². The van der Waals surface area contributed by atoms with Crippen LogP contribution in [0.1, 0.15) is 40.1 Å². The van der Waals surface area contributed by atoms with E-state index in [4.69, 9.17) is 0 Å². The highest BCUT2D eigenvalue weighted by Crippen LogP contribution is 2.22. The van der Waals surface area contributed by atoms with Crippen molar-refractivity contribution in [2.24, 2.45) is 0 Å². The van der Waals surface area contributed by atoms with E-state index in [-0.39, 0.29) is 21.7 Å². The minimum Gasteiger partial charge on any atom is -0.545 e. The number of amides is 1. The Balaban J connectivity index is 2.36. The largest absolute Gasteiger partial charge is 0.545 e. The van der Waals surface area contributed by atoms with E-state index >= 15 is 0 Å². The lowest BCUT2D eigenvalue weighted by atomic mass is 10.1. The highest BCUT2D eigenvalue weighted by molar-refractivity contribution is 7.89. The minimum absolute atomic E-state index is 0.0680. The van der Waals surface area contributed by atoms with Gasteiger partial charge in [0.15, 0.2) is 0 Å². The molecule has 0 aliphatic carbocycles. The lowest BCUT2D eigenvalue weighted by molar-refractivity contribution is -0.255. The van der Waals surface area contributed by atoms with Gasteiger partial charge in [-0.3, -0.25) is 4.79 Å². The van der Waals surface area contributed by atoms with Gasteiger partial charge in [0.05, 0.1) is 10.9 Å². The number of rotatable bonds is 7. The van der Waals surface area contributed by atoms with Crippen molar-refractivity contribution in [3.05, 3.63) is 59.2 Å². The van der Waals surface area contributed by atoms with Crippen molar-refractivity contribution in [3.63, 3.8) is 0 Å². The molecule has 0 bridgehead atoms. The van der Waals surface area contributed by atoms with Gasteiger partial charge in [-0.2, -0.15) is 4.31 Å². The zero-order valence-electron chi connectivity index (χ0n) is 15.4. The molecule has 7 nitrogen and oxygen atoms in total. The van der Waals surface area contributed by atoms with Crippen molar-refractivity contribution < 1.29 is 23.1 Å². The van der Waals surface area contributed by atoms with Gasteiger partial charge in [0.2, 0.25) is 10.0 Å². The summed E-state index contributed by atoms with van der Waals surface area (Å²) in [5.41, 5.74) is 0.902. The Labute approximate surface area is 158 Å². The molecule has 144 valence electrons. The first-order valence-electron chi connectivity index (χ1n) is 8.44. The van der Waals surface area contributed by atoms with E-state index < -0.39 is 21.9 Å². The Bertz CT molecular complexity index is 966. The number of benzene rings is 2. The molecule has 1 N–H and O–H groups in total. The quantitative estimate of drug-likeness (QED) is 0.775. The summed E-state index contributed by atoms with van der Waals surface area (Å²) in [5, 5.41) is 13.5. The van der Waals surface area contributed by atoms with E-state index in [0.717, 1.165) is 0 Å². The number of sulfonamides is 1. The molecule has 0 aliphatic heterocycles. The molecule has 0 radical (unpaired) electrons. The fourth-order valence-corrected chi connectivity index (χ4v) is 4.36. The number of hydrogen-bond acceptors (Lipinski definition) is 5. The third-order valence-corrected chi connectivity index (χ3v) is 6.32. The Kier molecular flexibility index (Phi) is 6.35. The van der Waals surface area contributed by atoms with Crippen LogP contribution in [0.2, 0.25) is 0 Å². The number of nitrogens with zero attached hydrogens (tertiary/aromatic N) is 1. The highest BCUT2D eigenvalue weighted by atomic mass is 32.2. The predicted molar refractivity (Wildman–Crippen MR) is 100 cm³/mol. The van der Waals surface area contributed by atoms with Gasteiger partial charge in [0, 0.05) is 24.3 Å². The molecule has 0 unspecified atom stereocenters. The topological polar surface area (TPSA) is 107 Å². The molecule has 2 aromatic carbocycles. The standard InChI is InChI=1S/C19H22N2O5S/c1-4-21(5-2)27(25,26)17-12-14(10-9-13(17)3)18(22)20-16-8-6-7-15(11-16)19(23)24/h6-12H,4-5H2,1-3H3,(H,20,22)(H,23,24)/p-1. The van der Waals surface area contributed by atoms with Crippen molar-refractivity contribution in [1.29, 1.82) is 0 Å². The molecular weight excluding hydrogens is 368 g/mol. The van der Waals surface area contributed by atoms with Crippen molar-refractivity contribution in [2.45, 2.75) is 25.7 Å². The molecule has 0 saturated heterocycles. The normalized spacial score (nSPS) is 11.4. The Morgan fingerprint density at radius 1 is 1.04 bits per heavy atom. The monoisotopic (exact) mass is 389 g/mol. The average molecular weight is 389 g/mol. The highest BCUT2D eigenvalue weighted by Gasteiger charge is 2.24. The molecule has 0 atom stereocenters. The predicted octanol–water partition coefficient (Wildman–Crippen LogP) is 1.64. The number of carboxylic acids is 1. The van der Waals surface area contributed by atoms with Crippen LogP contribution in [-0.2, 0) is 10.0 Å². The SMILES string of the molecule is CCN(CC)S(=O)(=O)c1cc(C(=O)Nc2cccc(C(=O)[O-])c2)ccc1C. The minimum atomic E-state index is -3.71. The second-order valence-corrected chi connectivity index (χ2v) is 7.80. The molecule has 0 aliphatic rings. The summed E-state index contributed by atoms with van der Waals surface area (Å²) in [4.78, 5) is 23.5. The molecule has 27 heavy (non-hydrogen) atoms. The van der Waals surface area contributed by atoms with E-state index in [0.29, 0.717) is 18.7 Å². The van der Waals surface area contributed by atoms with Crippen molar-refractivity contribution in [2.75, 3.05) is 18.4 Å². The summed E-state index contributed by atoms with van der Waals surface area (Å²) in [6.07, 6.45) is 0. The molecule has 1 amide bonds. The number of hydrogen-bond donors (Lipinski definition) is 1. The molecular formula is C19H21N2O5S-. The summed E-state index contributed by atoms with van der Waals surface area (Å²) in [6.45, 7) is 5.81.